The second-order valence-electron chi connectivity index (χ2n) is 6.94. The van der Waals surface area contributed by atoms with E-state index in [4.69, 9.17) is 4.74 Å². The highest BCUT2D eigenvalue weighted by Gasteiger charge is 2.28. The van der Waals surface area contributed by atoms with Crippen LogP contribution in [0.15, 0.2) is 48.5 Å². The van der Waals surface area contributed by atoms with Gasteiger partial charge in [-0.1, -0.05) is 18.2 Å². The lowest BCUT2D eigenvalue weighted by molar-refractivity contribution is -0.125. The summed E-state index contributed by atoms with van der Waals surface area (Å²) in [6.45, 7) is -0.0105. The van der Waals surface area contributed by atoms with Crippen LogP contribution >= 0.6 is 0 Å². The van der Waals surface area contributed by atoms with Crippen LogP contribution in [0, 0.1) is 0 Å². The average molecular weight is 424 g/mol. The third kappa shape index (κ3) is 6.05. The predicted molar refractivity (Wildman–Crippen MR) is 115 cm³/mol. The number of aryl methyl sites for hydroxylation is 1. The van der Waals surface area contributed by atoms with Gasteiger partial charge in [0.1, 0.15) is 5.75 Å². The van der Waals surface area contributed by atoms with Crippen LogP contribution in [-0.2, 0) is 20.8 Å². The van der Waals surface area contributed by atoms with E-state index in [-0.39, 0.29) is 37.2 Å². The zero-order valence-corrected chi connectivity index (χ0v) is 17.1. The number of benzene rings is 2. The van der Waals surface area contributed by atoms with Crippen LogP contribution in [0.3, 0.4) is 0 Å². The van der Waals surface area contributed by atoms with Crippen molar-refractivity contribution in [2.45, 2.75) is 19.3 Å². The quantitative estimate of drug-likeness (QED) is 0.533. The fraction of sp³-hybridized carbons (Fsp3) is 0.273. The molecule has 5 amide bonds. The molecule has 0 atom stereocenters. The number of urea groups is 1. The molecule has 3 rings (SSSR count). The Morgan fingerprint density at radius 2 is 1.58 bits per heavy atom. The second-order valence-corrected chi connectivity index (χ2v) is 6.94. The van der Waals surface area contributed by atoms with Crippen molar-refractivity contribution in [3.8, 4) is 5.75 Å². The standard InChI is InChI=1S/C22H24N4O5/c1-31-18-5-3-2-4-15(18)6-11-19(27)24-16-7-9-17(10-8-16)25-20(28)12-13-26-21(29)14-23-22(26)30/h2-5,7-10H,6,11-14H2,1H3,(H,23,30)(H,24,27)(H,25,28). The van der Waals surface area contributed by atoms with Crippen LogP contribution in [0.25, 0.3) is 0 Å². The van der Waals surface area contributed by atoms with E-state index in [1.54, 1.807) is 31.4 Å². The Bertz CT molecular complexity index is 958. The molecule has 3 N–H and O–H groups in total. The van der Waals surface area contributed by atoms with E-state index in [1.165, 1.54) is 0 Å². The van der Waals surface area contributed by atoms with E-state index < -0.39 is 6.03 Å². The van der Waals surface area contributed by atoms with E-state index in [0.717, 1.165) is 16.2 Å². The third-order valence-corrected chi connectivity index (χ3v) is 4.77. The lowest BCUT2D eigenvalue weighted by Crippen LogP contribution is -2.33. The van der Waals surface area contributed by atoms with Gasteiger partial charge in [-0.25, -0.2) is 4.79 Å². The summed E-state index contributed by atoms with van der Waals surface area (Å²) < 4.78 is 5.29. The molecule has 0 bridgehead atoms. The Morgan fingerprint density at radius 1 is 0.968 bits per heavy atom. The van der Waals surface area contributed by atoms with Gasteiger partial charge < -0.3 is 20.7 Å². The van der Waals surface area contributed by atoms with Crippen LogP contribution in [0.2, 0.25) is 0 Å². The van der Waals surface area contributed by atoms with Crippen LogP contribution in [0.5, 0.6) is 5.75 Å². The molecule has 0 radical (unpaired) electrons. The monoisotopic (exact) mass is 424 g/mol. The van der Waals surface area contributed by atoms with Crippen molar-refractivity contribution in [1.82, 2.24) is 10.2 Å². The molecule has 0 aliphatic carbocycles. The van der Waals surface area contributed by atoms with Gasteiger partial charge in [0.2, 0.25) is 17.7 Å². The highest BCUT2D eigenvalue weighted by molar-refractivity contribution is 6.02. The van der Waals surface area contributed by atoms with Gasteiger partial charge >= 0.3 is 6.03 Å². The van der Waals surface area contributed by atoms with Gasteiger partial charge in [0.15, 0.2) is 0 Å². The van der Waals surface area contributed by atoms with Crippen molar-refractivity contribution >= 4 is 35.1 Å². The van der Waals surface area contributed by atoms with E-state index in [0.29, 0.717) is 24.2 Å². The van der Waals surface area contributed by atoms with Gasteiger partial charge in [-0.3, -0.25) is 19.3 Å². The van der Waals surface area contributed by atoms with Crippen molar-refractivity contribution in [3.05, 3.63) is 54.1 Å². The summed E-state index contributed by atoms with van der Waals surface area (Å²) in [6.07, 6.45) is 0.865. The molecule has 9 nitrogen and oxygen atoms in total. The Labute approximate surface area is 179 Å². The zero-order chi connectivity index (χ0) is 22.2. The summed E-state index contributed by atoms with van der Waals surface area (Å²) >= 11 is 0. The maximum absolute atomic E-state index is 12.2. The molecule has 0 aromatic heterocycles. The molecule has 1 saturated heterocycles. The fourth-order valence-electron chi connectivity index (χ4n) is 3.14. The first kappa shape index (κ1) is 21.8. The number of hydrogen-bond acceptors (Lipinski definition) is 5. The number of nitrogens with zero attached hydrogens (tertiary/aromatic N) is 1. The molecule has 1 aliphatic rings. The molecule has 0 spiro atoms. The first-order valence-electron chi connectivity index (χ1n) is 9.86. The summed E-state index contributed by atoms with van der Waals surface area (Å²) in [7, 11) is 1.60. The number of nitrogens with one attached hydrogen (secondary N) is 3. The van der Waals surface area contributed by atoms with Crippen LogP contribution in [0.4, 0.5) is 16.2 Å². The molecule has 9 heteroatoms. The molecule has 1 fully saturated rings. The van der Waals surface area contributed by atoms with Crippen molar-refractivity contribution in [3.63, 3.8) is 0 Å². The predicted octanol–water partition coefficient (Wildman–Crippen LogP) is 2.15. The number of carbonyl (C=O) groups excluding carboxylic acids is 4. The number of carbonyl (C=O) groups is 4. The van der Waals surface area contributed by atoms with Crippen LogP contribution in [-0.4, -0.2) is 48.9 Å². The van der Waals surface area contributed by atoms with E-state index in [9.17, 15) is 19.2 Å². The van der Waals surface area contributed by atoms with Gasteiger partial charge in [0.05, 0.1) is 13.7 Å². The molecule has 0 unspecified atom stereocenters. The highest BCUT2D eigenvalue weighted by atomic mass is 16.5. The third-order valence-electron chi connectivity index (χ3n) is 4.77. The van der Waals surface area contributed by atoms with Gasteiger partial charge in [-0.05, 0) is 42.3 Å². The minimum atomic E-state index is -0.483. The summed E-state index contributed by atoms with van der Waals surface area (Å²) in [5.74, 6) is -0.0360. The largest absolute Gasteiger partial charge is 0.496 e. The number of amides is 5. The maximum Gasteiger partial charge on any atom is 0.324 e. The molecule has 31 heavy (non-hydrogen) atoms. The number of anilines is 2. The number of hydrogen-bond donors (Lipinski definition) is 3. The molecule has 1 aliphatic heterocycles. The normalized spacial score (nSPS) is 13.0. The minimum absolute atomic E-state index is 0.000591. The van der Waals surface area contributed by atoms with E-state index in [1.807, 2.05) is 24.3 Å². The fourth-order valence-corrected chi connectivity index (χ4v) is 3.14. The molecule has 1 heterocycles. The smallest absolute Gasteiger partial charge is 0.324 e. The number of para-hydroxylation sites is 1. The summed E-state index contributed by atoms with van der Waals surface area (Å²) in [5.41, 5.74) is 2.13. The summed E-state index contributed by atoms with van der Waals surface area (Å²) in [5, 5.41) is 7.92. The Kier molecular flexibility index (Phi) is 7.21. The van der Waals surface area contributed by atoms with Gasteiger partial charge in [0, 0.05) is 30.8 Å². The molecule has 2 aromatic rings. The lowest BCUT2D eigenvalue weighted by Gasteiger charge is -2.12. The second kappa shape index (κ2) is 10.2. The van der Waals surface area contributed by atoms with Crippen LogP contribution < -0.4 is 20.7 Å². The maximum atomic E-state index is 12.2. The Balaban J connectivity index is 1.44. The first-order chi connectivity index (χ1) is 15.0. The zero-order valence-electron chi connectivity index (χ0n) is 17.1. The van der Waals surface area contributed by atoms with Crippen molar-refractivity contribution in [1.29, 1.82) is 0 Å². The Hall–Kier alpha value is -3.88. The van der Waals surface area contributed by atoms with Gasteiger partial charge in [-0.2, -0.15) is 0 Å². The SMILES string of the molecule is COc1ccccc1CCC(=O)Nc1ccc(NC(=O)CCN2C(=O)CNC2=O)cc1. The Morgan fingerprint density at radius 3 is 2.16 bits per heavy atom. The highest BCUT2D eigenvalue weighted by Crippen LogP contribution is 2.19. The average Bonchev–Trinajstić information content (AvgIpc) is 3.09. The van der Waals surface area contributed by atoms with Gasteiger partial charge in [0.25, 0.3) is 0 Å². The number of imide groups is 1. The number of ether oxygens (including phenoxy) is 1. The van der Waals surface area contributed by atoms with Gasteiger partial charge in [-0.15, -0.1) is 0 Å². The van der Waals surface area contributed by atoms with Crippen molar-refractivity contribution in [2.24, 2.45) is 0 Å². The minimum Gasteiger partial charge on any atom is -0.496 e. The lowest BCUT2D eigenvalue weighted by atomic mass is 10.1. The molecule has 162 valence electrons. The molecule has 0 saturated carbocycles. The molecular formula is C22H24N4O5. The van der Waals surface area contributed by atoms with E-state index in [2.05, 4.69) is 16.0 Å². The first-order valence-corrected chi connectivity index (χ1v) is 9.86. The molecular weight excluding hydrogens is 400 g/mol. The topological polar surface area (TPSA) is 117 Å². The van der Waals surface area contributed by atoms with E-state index >= 15 is 0 Å². The van der Waals surface area contributed by atoms with Crippen molar-refractivity contribution in [2.75, 3.05) is 30.8 Å². The number of rotatable bonds is 9. The summed E-state index contributed by atoms with van der Waals surface area (Å²) in [6, 6.07) is 13.8. The summed E-state index contributed by atoms with van der Waals surface area (Å²) in [4.78, 5) is 48.3. The van der Waals surface area contributed by atoms with Crippen molar-refractivity contribution < 1.29 is 23.9 Å². The number of methoxy groups -OCH3 is 1. The molecule has 2 aromatic carbocycles. The van der Waals surface area contributed by atoms with Crippen LogP contribution in [0.1, 0.15) is 18.4 Å².